The van der Waals surface area contributed by atoms with Gasteiger partial charge in [0.15, 0.2) is 0 Å². The Hall–Kier alpha value is -1.66. The van der Waals surface area contributed by atoms with E-state index in [1.165, 1.54) is 0 Å². The lowest BCUT2D eigenvalue weighted by Gasteiger charge is -2.07. The van der Waals surface area contributed by atoms with Gasteiger partial charge in [-0.25, -0.2) is 10.2 Å². The van der Waals surface area contributed by atoms with Crippen molar-refractivity contribution >= 4 is 33.2 Å². The van der Waals surface area contributed by atoms with Gasteiger partial charge in [-0.05, 0) is 21.5 Å². The van der Waals surface area contributed by atoms with Gasteiger partial charge in [-0.3, -0.25) is 0 Å². The van der Waals surface area contributed by atoms with Crippen LogP contribution >= 0.6 is 27.5 Å². The van der Waals surface area contributed by atoms with Crippen LogP contribution in [0.15, 0.2) is 41.0 Å². The second-order valence-electron chi connectivity index (χ2n) is 3.62. The van der Waals surface area contributed by atoms with E-state index in [1.54, 1.807) is 0 Å². The number of hydrogen-bond donors (Lipinski definition) is 1. The zero-order valence-electron chi connectivity index (χ0n) is 9.59. The molecule has 1 N–H and O–H groups in total. The van der Waals surface area contributed by atoms with Crippen LogP contribution in [0.1, 0.15) is 5.56 Å². The van der Waals surface area contributed by atoms with Gasteiger partial charge in [0.05, 0.1) is 4.91 Å². The normalized spacial score (nSPS) is 10.2. The fraction of sp³-hybridized carbons (Fsp3) is 0.0833. The molecule has 5 nitrogen and oxygen atoms in total. The molecular weight excluding hydrogens is 336 g/mol. The number of rotatable bonds is 4. The largest absolute Gasteiger partial charge is 0.472 e. The molecule has 0 radical (unpaired) electrons. The average Bonchev–Trinajstić information content (AvgIpc) is 2.41. The van der Waals surface area contributed by atoms with Gasteiger partial charge in [0.2, 0.25) is 5.88 Å². The fourth-order valence-corrected chi connectivity index (χ4v) is 2.02. The van der Waals surface area contributed by atoms with E-state index in [4.69, 9.17) is 21.5 Å². The van der Waals surface area contributed by atoms with E-state index >= 15 is 0 Å². The molecule has 0 saturated heterocycles. The van der Waals surface area contributed by atoms with Gasteiger partial charge in [0, 0.05) is 0 Å². The zero-order chi connectivity index (χ0) is 13.8. The van der Waals surface area contributed by atoms with Crippen LogP contribution in [0.3, 0.4) is 0 Å². The molecule has 0 bridgehead atoms. The Labute approximate surface area is 122 Å². The molecule has 0 aliphatic heterocycles. The molecule has 19 heavy (non-hydrogen) atoms. The minimum absolute atomic E-state index is 0.0376. The average molecular weight is 345 g/mol. The summed E-state index contributed by atoms with van der Waals surface area (Å²) >= 11 is 9.08. The van der Waals surface area contributed by atoms with Crippen LogP contribution in [0.4, 0.5) is 5.69 Å². The molecule has 0 saturated carbocycles. The van der Waals surface area contributed by atoms with Crippen LogP contribution in [0.2, 0.25) is 5.02 Å². The van der Waals surface area contributed by atoms with E-state index in [-0.39, 0.29) is 21.5 Å². The fourth-order valence-electron chi connectivity index (χ4n) is 1.40. The van der Waals surface area contributed by atoms with Crippen molar-refractivity contribution in [3.05, 3.63) is 56.5 Å². The van der Waals surface area contributed by atoms with Crippen molar-refractivity contribution in [2.75, 3.05) is 0 Å². The quantitative estimate of drug-likeness (QED) is 0.855. The van der Waals surface area contributed by atoms with Crippen LogP contribution in [-0.2, 0) is 6.61 Å². The molecule has 98 valence electrons. The monoisotopic (exact) mass is 343 g/mol. The van der Waals surface area contributed by atoms with E-state index in [2.05, 4.69) is 20.9 Å². The summed E-state index contributed by atoms with van der Waals surface area (Å²) < 4.78 is 5.81. The van der Waals surface area contributed by atoms with Crippen LogP contribution < -0.4 is 4.74 Å². The number of hydrogen-bond acceptors (Lipinski definition) is 3. The first kappa shape index (κ1) is 13.8. The second kappa shape index (κ2) is 5.99. The molecule has 0 atom stereocenters. The predicted molar refractivity (Wildman–Crippen MR) is 72.8 cm³/mol. The van der Waals surface area contributed by atoms with Crippen LogP contribution in [-0.4, -0.2) is 15.1 Å². The number of pyridine rings is 1. The van der Waals surface area contributed by atoms with Gasteiger partial charge in [-0.2, -0.15) is 0 Å². The van der Waals surface area contributed by atoms with E-state index in [0.29, 0.717) is 11.1 Å². The van der Waals surface area contributed by atoms with Crippen molar-refractivity contribution in [3.8, 4) is 5.88 Å². The molecule has 1 aromatic heterocycles. The summed E-state index contributed by atoms with van der Waals surface area (Å²) in [6.45, 7) is 0.322. The Morgan fingerprint density at radius 1 is 1.37 bits per heavy atom. The first-order valence-corrected chi connectivity index (χ1v) is 6.43. The molecule has 2 rings (SSSR count). The van der Waals surface area contributed by atoms with E-state index in [0.717, 1.165) is 11.8 Å². The van der Waals surface area contributed by atoms with Crippen molar-refractivity contribution in [1.82, 2.24) is 4.98 Å². The van der Waals surface area contributed by atoms with Crippen molar-refractivity contribution in [3.63, 3.8) is 0 Å². The van der Waals surface area contributed by atoms with Gasteiger partial charge in [0.1, 0.15) is 22.3 Å². The van der Waals surface area contributed by atoms with Gasteiger partial charge < -0.3 is 4.74 Å². The maximum absolute atomic E-state index is 10.8. The number of benzene rings is 1. The Morgan fingerprint density at radius 3 is 2.68 bits per heavy atom. The number of aromatic nitrogens is 1. The van der Waals surface area contributed by atoms with Gasteiger partial charge >= 0.3 is 5.69 Å². The van der Waals surface area contributed by atoms with Gasteiger partial charge in [0.25, 0.3) is 4.92 Å². The molecule has 0 aliphatic carbocycles. The highest BCUT2D eigenvalue weighted by atomic mass is 79.9. The van der Waals surface area contributed by atoms with Gasteiger partial charge in [-0.15, -0.1) is 0 Å². The summed E-state index contributed by atoms with van der Waals surface area (Å²) in [6.07, 6.45) is 1.14. The van der Waals surface area contributed by atoms with Crippen LogP contribution in [0.25, 0.3) is 0 Å². The SMILES string of the molecule is O=[N+](O)c1cnc(OCc2ccccc2)c(Br)c1Cl. The standard InChI is InChI=1S/C12H9BrClN2O3/c13-10-11(14)9(16(17)18)6-15-12(10)19-7-8-4-2-1-3-5-8/h1-6H,7H2,(H,17,18)/q+1. The van der Waals surface area contributed by atoms with E-state index in [9.17, 15) is 4.91 Å². The lowest BCUT2D eigenvalue weighted by molar-refractivity contribution is -0.729. The molecule has 0 fully saturated rings. The molecule has 0 unspecified atom stereocenters. The lowest BCUT2D eigenvalue weighted by atomic mass is 10.2. The van der Waals surface area contributed by atoms with Crippen LogP contribution in [0.5, 0.6) is 5.88 Å². The summed E-state index contributed by atoms with van der Waals surface area (Å²) in [5.41, 5.74) is 0.824. The minimum Gasteiger partial charge on any atom is -0.472 e. The first-order valence-electron chi connectivity index (χ1n) is 5.26. The molecule has 1 aromatic carbocycles. The third-order valence-electron chi connectivity index (χ3n) is 2.33. The summed E-state index contributed by atoms with van der Waals surface area (Å²) in [5, 5.41) is 8.86. The molecule has 0 spiro atoms. The molecular formula is C12H9BrClN2O3+. The number of nitrogens with zero attached hydrogens (tertiary/aromatic N) is 2. The molecule has 2 aromatic rings. The number of halogens is 2. The summed E-state index contributed by atoms with van der Waals surface area (Å²) in [7, 11) is 0. The zero-order valence-corrected chi connectivity index (χ0v) is 11.9. The van der Waals surface area contributed by atoms with Crippen molar-refractivity contribution in [1.29, 1.82) is 0 Å². The third kappa shape index (κ3) is 3.21. The lowest BCUT2D eigenvalue weighted by Crippen LogP contribution is -2.00. The predicted octanol–water partition coefficient (Wildman–Crippen LogP) is 3.88. The summed E-state index contributed by atoms with van der Waals surface area (Å²) in [4.78, 5) is 14.4. The van der Waals surface area contributed by atoms with Crippen molar-refractivity contribution < 1.29 is 14.9 Å². The van der Waals surface area contributed by atoms with Crippen molar-refractivity contribution in [2.24, 2.45) is 0 Å². The Morgan fingerprint density at radius 2 is 2.05 bits per heavy atom. The van der Waals surface area contributed by atoms with E-state index < -0.39 is 0 Å². The molecule has 0 amide bonds. The maximum Gasteiger partial charge on any atom is 0.354 e. The summed E-state index contributed by atoms with van der Waals surface area (Å²) in [5.74, 6) is 0.249. The molecule has 0 aliphatic rings. The third-order valence-corrected chi connectivity index (χ3v) is 3.68. The maximum atomic E-state index is 10.8. The molecule has 1 heterocycles. The van der Waals surface area contributed by atoms with Gasteiger partial charge in [-0.1, -0.05) is 41.9 Å². The second-order valence-corrected chi connectivity index (χ2v) is 4.79. The Balaban J connectivity index is 2.18. The highest BCUT2D eigenvalue weighted by Crippen LogP contribution is 2.36. The smallest absolute Gasteiger partial charge is 0.354 e. The van der Waals surface area contributed by atoms with Crippen LogP contribution in [0, 0.1) is 4.91 Å². The number of ether oxygens (including phenoxy) is 1. The van der Waals surface area contributed by atoms with E-state index in [1.807, 2.05) is 30.3 Å². The highest BCUT2D eigenvalue weighted by molar-refractivity contribution is 9.10. The Kier molecular flexibility index (Phi) is 4.34. The van der Waals surface area contributed by atoms with Crippen molar-refractivity contribution in [2.45, 2.75) is 6.61 Å². The topological polar surface area (TPSA) is 62.4 Å². The first-order chi connectivity index (χ1) is 9.09. The summed E-state index contributed by atoms with van der Waals surface area (Å²) in [6, 6.07) is 9.54. The minimum atomic E-state index is -0.346. The Bertz CT molecular complexity index is 607. The highest BCUT2D eigenvalue weighted by Gasteiger charge is 2.23. The molecule has 7 heteroatoms.